The summed E-state index contributed by atoms with van der Waals surface area (Å²) >= 11 is 0. The van der Waals surface area contributed by atoms with Gasteiger partial charge in [-0.1, -0.05) is 0 Å². The number of hydrogen-bond acceptors (Lipinski definition) is 4. The molecule has 0 aromatic carbocycles. The van der Waals surface area contributed by atoms with Crippen molar-refractivity contribution in [3.8, 4) is 0 Å². The van der Waals surface area contributed by atoms with E-state index in [1.807, 2.05) is 0 Å². The van der Waals surface area contributed by atoms with E-state index in [0.717, 1.165) is 31.7 Å². The first-order chi connectivity index (χ1) is 8.19. The molecule has 1 aliphatic rings. The van der Waals surface area contributed by atoms with E-state index in [2.05, 4.69) is 9.88 Å². The fourth-order valence-corrected chi connectivity index (χ4v) is 2.08. The van der Waals surface area contributed by atoms with Crippen molar-refractivity contribution in [2.45, 2.75) is 13.0 Å². The maximum Gasteiger partial charge on any atom is 0.337 e. The van der Waals surface area contributed by atoms with Crippen LogP contribution in [0.1, 0.15) is 22.5 Å². The lowest BCUT2D eigenvalue weighted by Gasteiger charge is -2.14. The molecule has 2 rings (SSSR count). The van der Waals surface area contributed by atoms with Crippen molar-refractivity contribution in [3.05, 3.63) is 29.6 Å². The Hall–Kier alpha value is -1.46. The molecular formula is C12H16N2O3. The number of aromatic nitrogens is 1. The standard InChI is InChI=1S/C12H16N2O3/c15-8-9-3-4-14(6-9)7-11-2-1-10(5-13-11)12(16)17/h1-2,5,9,15H,3-4,6-8H2,(H,16,17). The number of rotatable bonds is 4. The zero-order chi connectivity index (χ0) is 12.3. The molecule has 2 heterocycles. The normalized spacial score (nSPS) is 20.6. The Morgan fingerprint density at radius 1 is 1.53 bits per heavy atom. The van der Waals surface area contributed by atoms with Crippen LogP contribution in [-0.4, -0.2) is 45.8 Å². The second-order valence-corrected chi connectivity index (χ2v) is 4.42. The van der Waals surface area contributed by atoms with Crippen LogP contribution >= 0.6 is 0 Å². The maximum atomic E-state index is 10.7. The Morgan fingerprint density at radius 2 is 2.35 bits per heavy atom. The summed E-state index contributed by atoms with van der Waals surface area (Å²) in [5.74, 6) is -0.584. The van der Waals surface area contributed by atoms with Crippen molar-refractivity contribution < 1.29 is 15.0 Å². The van der Waals surface area contributed by atoms with Crippen molar-refractivity contribution in [1.29, 1.82) is 0 Å². The summed E-state index contributed by atoms with van der Waals surface area (Å²) in [6.45, 7) is 2.81. The molecule has 92 valence electrons. The topological polar surface area (TPSA) is 73.7 Å². The van der Waals surface area contributed by atoms with Gasteiger partial charge in [0.1, 0.15) is 0 Å². The van der Waals surface area contributed by atoms with Gasteiger partial charge in [0.2, 0.25) is 0 Å². The van der Waals surface area contributed by atoms with Crippen molar-refractivity contribution in [3.63, 3.8) is 0 Å². The van der Waals surface area contributed by atoms with Crippen LogP contribution in [0.5, 0.6) is 0 Å². The Morgan fingerprint density at radius 3 is 2.88 bits per heavy atom. The average Bonchev–Trinajstić information content (AvgIpc) is 2.77. The Kier molecular flexibility index (Phi) is 3.71. The number of aliphatic hydroxyl groups excluding tert-OH is 1. The first kappa shape index (κ1) is 12.0. The number of hydrogen-bond donors (Lipinski definition) is 2. The van der Waals surface area contributed by atoms with Gasteiger partial charge in [-0.05, 0) is 31.0 Å². The number of likely N-dealkylation sites (tertiary alicyclic amines) is 1. The smallest absolute Gasteiger partial charge is 0.337 e. The molecule has 0 aliphatic carbocycles. The summed E-state index contributed by atoms with van der Waals surface area (Å²) in [7, 11) is 0. The van der Waals surface area contributed by atoms with Crippen LogP contribution < -0.4 is 0 Å². The van der Waals surface area contributed by atoms with Crippen LogP contribution in [0.2, 0.25) is 0 Å². The van der Waals surface area contributed by atoms with Crippen molar-refractivity contribution in [2.24, 2.45) is 5.92 Å². The number of aromatic carboxylic acids is 1. The molecule has 1 fully saturated rings. The second kappa shape index (κ2) is 5.25. The van der Waals surface area contributed by atoms with Gasteiger partial charge >= 0.3 is 5.97 Å². The van der Waals surface area contributed by atoms with Crippen LogP contribution in [0.3, 0.4) is 0 Å². The fourth-order valence-electron chi connectivity index (χ4n) is 2.08. The van der Waals surface area contributed by atoms with Gasteiger partial charge in [0.05, 0.1) is 11.3 Å². The third kappa shape index (κ3) is 3.01. The highest BCUT2D eigenvalue weighted by Gasteiger charge is 2.21. The maximum absolute atomic E-state index is 10.7. The molecule has 5 heteroatoms. The first-order valence-electron chi connectivity index (χ1n) is 5.70. The largest absolute Gasteiger partial charge is 0.478 e. The molecule has 17 heavy (non-hydrogen) atoms. The number of carboxylic acids is 1. The molecule has 0 bridgehead atoms. The summed E-state index contributed by atoms with van der Waals surface area (Å²) < 4.78 is 0. The molecule has 0 saturated carbocycles. The molecule has 0 spiro atoms. The number of carboxylic acid groups (broad SMARTS) is 1. The summed E-state index contributed by atoms with van der Waals surface area (Å²) in [4.78, 5) is 17.0. The zero-order valence-corrected chi connectivity index (χ0v) is 9.54. The molecule has 1 atom stereocenters. The molecule has 2 N–H and O–H groups in total. The van der Waals surface area contributed by atoms with Gasteiger partial charge in [-0.15, -0.1) is 0 Å². The molecule has 1 aromatic rings. The predicted octanol–water partition coefficient (Wildman–Crippen LogP) is 0.594. The molecule has 5 nitrogen and oxygen atoms in total. The second-order valence-electron chi connectivity index (χ2n) is 4.42. The van der Waals surface area contributed by atoms with E-state index in [4.69, 9.17) is 10.2 Å². The van der Waals surface area contributed by atoms with Gasteiger partial charge in [0.15, 0.2) is 0 Å². The lowest BCUT2D eigenvalue weighted by Crippen LogP contribution is -2.21. The predicted molar refractivity (Wildman–Crippen MR) is 61.7 cm³/mol. The highest BCUT2D eigenvalue weighted by molar-refractivity contribution is 5.87. The van der Waals surface area contributed by atoms with Crippen LogP contribution in [-0.2, 0) is 6.54 Å². The lowest BCUT2D eigenvalue weighted by molar-refractivity contribution is 0.0696. The van der Waals surface area contributed by atoms with E-state index in [0.29, 0.717) is 5.92 Å². The van der Waals surface area contributed by atoms with Crippen molar-refractivity contribution >= 4 is 5.97 Å². The minimum atomic E-state index is -0.953. The molecule has 1 aliphatic heterocycles. The van der Waals surface area contributed by atoms with Crippen LogP contribution in [0.15, 0.2) is 18.3 Å². The zero-order valence-electron chi connectivity index (χ0n) is 9.54. The molecule has 0 radical (unpaired) electrons. The quantitative estimate of drug-likeness (QED) is 0.800. The van der Waals surface area contributed by atoms with Crippen molar-refractivity contribution in [1.82, 2.24) is 9.88 Å². The summed E-state index contributed by atoms with van der Waals surface area (Å²) in [5.41, 5.74) is 1.08. The molecule has 1 saturated heterocycles. The Labute approximate surface area is 99.7 Å². The Balaban J connectivity index is 1.93. The first-order valence-corrected chi connectivity index (χ1v) is 5.70. The van der Waals surface area contributed by atoms with Crippen molar-refractivity contribution in [2.75, 3.05) is 19.7 Å². The molecule has 1 unspecified atom stereocenters. The van der Waals surface area contributed by atoms with E-state index in [9.17, 15) is 4.79 Å². The van der Waals surface area contributed by atoms with Crippen LogP contribution in [0.25, 0.3) is 0 Å². The van der Waals surface area contributed by atoms with Gasteiger partial charge in [0, 0.05) is 25.9 Å². The number of aliphatic hydroxyl groups is 1. The van der Waals surface area contributed by atoms with E-state index >= 15 is 0 Å². The van der Waals surface area contributed by atoms with E-state index in [-0.39, 0.29) is 12.2 Å². The van der Waals surface area contributed by atoms with E-state index < -0.39 is 5.97 Å². The van der Waals surface area contributed by atoms with E-state index in [1.54, 1.807) is 12.1 Å². The number of nitrogens with zero attached hydrogens (tertiary/aromatic N) is 2. The van der Waals surface area contributed by atoms with Gasteiger partial charge in [-0.3, -0.25) is 9.88 Å². The van der Waals surface area contributed by atoms with Gasteiger partial charge in [0.25, 0.3) is 0 Å². The number of carbonyl (C=O) groups is 1. The summed E-state index contributed by atoms with van der Waals surface area (Å²) in [6, 6.07) is 3.32. The minimum Gasteiger partial charge on any atom is -0.478 e. The highest BCUT2D eigenvalue weighted by Crippen LogP contribution is 2.17. The van der Waals surface area contributed by atoms with E-state index in [1.165, 1.54) is 6.20 Å². The van der Waals surface area contributed by atoms with Crippen LogP contribution in [0, 0.1) is 5.92 Å². The highest BCUT2D eigenvalue weighted by atomic mass is 16.4. The minimum absolute atomic E-state index is 0.211. The third-order valence-electron chi connectivity index (χ3n) is 3.09. The average molecular weight is 236 g/mol. The third-order valence-corrected chi connectivity index (χ3v) is 3.09. The SMILES string of the molecule is O=C(O)c1ccc(CN2CCC(CO)C2)nc1. The van der Waals surface area contributed by atoms with Gasteiger partial charge < -0.3 is 10.2 Å². The summed E-state index contributed by atoms with van der Waals surface area (Å²) in [6.07, 6.45) is 2.40. The fraction of sp³-hybridized carbons (Fsp3) is 0.500. The molecular weight excluding hydrogens is 220 g/mol. The van der Waals surface area contributed by atoms with Gasteiger partial charge in [-0.2, -0.15) is 0 Å². The monoisotopic (exact) mass is 236 g/mol. The molecule has 0 amide bonds. The van der Waals surface area contributed by atoms with Gasteiger partial charge in [-0.25, -0.2) is 4.79 Å². The van der Waals surface area contributed by atoms with Crippen LogP contribution in [0.4, 0.5) is 0 Å². The summed E-state index contributed by atoms with van der Waals surface area (Å²) in [5, 5.41) is 17.8. The Bertz CT molecular complexity index is 391. The lowest BCUT2D eigenvalue weighted by atomic mass is 10.1. The molecule has 1 aromatic heterocycles. The number of pyridine rings is 1.